The Bertz CT molecular complexity index is 704. The van der Waals surface area contributed by atoms with E-state index in [9.17, 15) is 9.59 Å². The molecule has 1 aromatic carbocycles. The molecule has 0 bridgehead atoms. The Morgan fingerprint density at radius 3 is 2.54 bits per heavy atom. The minimum absolute atomic E-state index is 0.136. The molecule has 2 N–H and O–H groups in total. The van der Waals surface area contributed by atoms with Crippen molar-refractivity contribution >= 4 is 17.6 Å². The van der Waals surface area contributed by atoms with E-state index in [1.165, 1.54) is 6.26 Å². The maximum absolute atomic E-state index is 12.4. The SMILES string of the molecule is COCCOc1ccc(NC(=O)c2c(C)coc2CC(=O)O)cc1. The van der Waals surface area contributed by atoms with Crippen molar-refractivity contribution < 1.29 is 28.6 Å². The number of benzene rings is 1. The zero-order chi connectivity index (χ0) is 17.5. The minimum atomic E-state index is -1.06. The van der Waals surface area contributed by atoms with Gasteiger partial charge in [-0.1, -0.05) is 0 Å². The molecule has 1 amide bonds. The van der Waals surface area contributed by atoms with Crippen LogP contribution in [0.25, 0.3) is 0 Å². The number of rotatable bonds is 8. The van der Waals surface area contributed by atoms with E-state index in [4.69, 9.17) is 19.0 Å². The molecule has 1 aromatic heterocycles. The molecule has 1 heterocycles. The van der Waals surface area contributed by atoms with Crippen LogP contribution in [0.5, 0.6) is 5.75 Å². The van der Waals surface area contributed by atoms with Crippen LogP contribution >= 0.6 is 0 Å². The molecular weight excluding hydrogens is 314 g/mol. The summed E-state index contributed by atoms with van der Waals surface area (Å²) in [7, 11) is 1.60. The molecule has 0 spiro atoms. The largest absolute Gasteiger partial charge is 0.491 e. The first-order chi connectivity index (χ1) is 11.5. The van der Waals surface area contributed by atoms with Crippen molar-refractivity contribution in [3.63, 3.8) is 0 Å². The summed E-state index contributed by atoms with van der Waals surface area (Å²) in [5.74, 6) is -0.672. The van der Waals surface area contributed by atoms with Crippen LogP contribution in [0.2, 0.25) is 0 Å². The average Bonchev–Trinajstić information content (AvgIpc) is 2.89. The van der Waals surface area contributed by atoms with E-state index >= 15 is 0 Å². The molecule has 0 atom stereocenters. The molecule has 2 rings (SSSR count). The van der Waals surface area contributed by atoms with Crippen LogP contribution in [0.3, 0.4) is 0 Å². The molecule has 0 aliphatic carbocycles. The molecule has 0 aliphatic heterocycles. The minimum Gasteiger partial charge on any atom is -0.491 e. The number of carboxylic acid groups (broad SMARTS) is 1. The molecule has 0 unspecified atom stereocenters. The topological polar surface area (TPSA) is 98.0 Å². The number of anilines is 1. The summed E-state index contributed by atoms with van der Waals surface area (Å²) in [6, 6.07) is 6.86. The molecule has 7 heteroatoms. The van der Waals surface area contributed by atoms with Crippen molar-refractivity contribution in [1.82, 2.24) is 0 Å². The van der Waals surface area contributed by atoms with Gasteiger partial charge in [-0.25, -0.2) is 0 Å². The smallest absolute Gasteiger partial charge is 0.311 e. The number of furan rings is 1. The predicted octanol–water partition coefficient (Wildman–Crippen LogP) is 2.49. The standard InChI is InChI=1S/C17H19NO6/c1-11-10-24-14(9-15(19)20)16(11)17(21)18-12-3-5-13(6-4-12)23-8-7-22-2/h3-6,10H,7-9H2,1-2H3,(H,18,21)(H,19,20). The van der Waals surface area contributed by atoms with Crippen LogP contribution in [-0.4, -0.2) is 37.3 Å². The summed E-state index contributed by atoms with van der Waals surface area (Å²) < 4.78 is 15.5. The fraction of sp³-hybridized carbons (Fsp3) is 0.294. The van der Waals surface area contributed by atoms with Gasteiger partial charge in [0.25, 0.3) is 5.91 Å². The average molecular weight is 333 g/mol. The summed E-state index contributed by atoms with van der Waals surface area (Å²) in [6.45, 7) is 2.62. The van der Waals surface area contributed by atoms with E-state index < -0.39 is 11.9 Å². The van der Waals surface area contributed by atoms with Crippen molar-refractivity contribution in [1.29, 1.82) is 0 Å². The van der Waals surface area contributed by atoms with E-state index in [-0.39, 0.29) is 17.7 Å². The van der Waals surface area contributed by atoms with E-state index in [1.807, 2.05) is 0 Å². The van der Waals surface area contributed by atoms with E-state index in [1.54, 1.807) is 38.3 Å². The van der Waals surface area contributed by atoms with Crippen LogP contribution in [0.4, 0.5) is 5.69 Å². The van der Waals surface area contributed by atoms with Gasteiger partial charge in [-0.3, -0.25) is 9.59 Å². The first kappa shape index (κ1) is 17.6. The van der Waals surface area contributed by atoms with Gasteiger partial charge >= 0.3 is 5.97 Å². The first-order valence-corrected chi connectivity index (χ1v) is 7.33. The Morgan fingerprint density at radius 1 is 1.21 bits per heavy atom. The molecule has 0 radical (unpaired) electrons. The van der Waals surface area contributed by atoms with Crippen LogP contribution < -0.4 is 10.1 Å². The Morgan fingerprint density at radius 2 is 1.92 bits per heavy atom. The Hall–Kier alpha value is -2.80. The van der Waals surface area contributed by atoms with Gasteiger partial charge in [-0.15, -0.1) is 0 Å². The third-order valence-corrected chi connectivity index (χ3v) is 3.26. The van der Waals surface area contributed by atoms with Gasteiger partial charge in [0.1, 0.15) is 24.5 Å². The highest BCUT2D eigenvalue weighted by Crippen LogP contribution is 2.21. The first-order valence-electron chi connectivity index (χ1n) is 7.33. The molecule has 0 fully saturated rings. The Labute approximate surface area is 139 Å². The fourth-order valence-corrected chi connectivity index (χ4v) is 2.14. The van der Waals surface area contributed by atoms with Crippen molar-refractivity contribution in [2.24, 2.45) is 0 Å². The molecule has 0 saturated heterocycles. The lowest BCUT2D eigenvalue weighted by molar-refractivity contribution is -0.136. The van der Waals surface area contributed by atoms with Crippen molar-refractivity contribution in [3.8, 4) is 5.75 Å². The Balaban J connectivity index is 2.04. The van der Waals surface area contributed by atoms with E-state index in [0.29, 0.717) is 30.2 Å². The third kappa shape index (κ3) is 4.60. The predicted molar refractivity (Wildman–Crippen MR) is 86.6 cm³/mol. The quantitative estimate of drug-likeness (QED) is 0.720. The van der Waals surface area contributed by atoms with E-state index in [2.05, 4.69) is 5.32 Å². The van der Waals surface area contributed by atoms with E-state index in [0.717, 1.165) is 0 Å². The number of aryl methyl sites for hydroxylation is 1. The summed E-state index contributed by atoms with van der Waals surface area (Å²) in [4.78, 5) is 23.2. The van der Waals surface area contributed by atoms with Gasteiger partial charge in [0, 0.05) is 18.4 Å². The summed E-state index contributed by atoms with van der Waals surface area (Å²) >= 11 is 0. The number of ether oxygens (including phenoxy) is 2. The highest BCUT2D eigenvalue weighted by Gasteiger charge is 2.20. The maximum Gasteiger partial charge on any atom is 0.311 e. The lowest BCUT2D eigenvalue weighted by Crippen LogP contribution is -2.15. The zero-order valence-corrected chi connectivity index (χ0v) is 13.5. The molecule has 128 valence electrons. The number of hydrogen-bond acceptors (Lipinski definition) is 5. The number of carboxylic acids is 1. The zero-order valence-electron chi connectivity index (χ0n) is 13.5. The van der Waals surface area contributed by atoms with Gasteiger partial charge in [-0.05, 0) is 31.2 Å². The van der Waals surface area contributed by atoms with Crippen molar-refractivity contribution in [2.45, 2.75) is 13.3 Å². The van der Waals surface area contributed by atoms with Gasteiger partial charge in [0.2, 0.25) is 0 Å². The van der Waals surface area contributed by atoms with Crippen LogP contribution in [0, 0.1) is 6.92 Å². The lowest BCUT2D eigenvalue weighted by atomic mass is 10.1. The lowest BCUT2D eigenvalue weighted by Gasteiger charge is -2.08. The van der Waals surface area contributed by atoms with Gasteiger partial charge in [0.05, 0.1) is 18.4 Å². The van der Waals surface area contributed by atoms with Gasteiger partial charge in [0.15, 0.2) is 0 Å². The monoisotopic (exact) mass is 333 g/mol. The molecule has 0 aliphatic rings. The number of hydrogen-bond donors (Lipinski definition) is 2. The number of aliphatic carboxylic acids is 1. The highest BCUT2D eigenvalue weighted by atomic mass is 16.5. The highest BCUT2D eigenvalue weighted by molar-refractivity contribution is 6.06. The molecular formula is C17H19NO6. The maximum atomic E-state index is 12.4. The molecule has 24 heavy (non-hydrogen) atoms. The molecule has 0 saturated carbocycles. The molecule has 2 aromatic rings. The second-order valence-corrected chi connectivity index (χ2v) is 5.11. The number of nitrogens with one attached hydrogen (secondary N) is 1. The summed E-state index contributed by atoms with van der Waals surface area (Å²) in [6.07, 6.45) is 1.03. The van der Waals surface area contributed by atoms with Crippen molar-refractivity contribution in [2.75, 3.05) is 25.6 Å². The number of methoxy groups -OCH3 is 1. The number of amides is 1. The summed E-state index contributed by atoms with van der Waals surface area (Å²) in [5, 5.41) is 11.6. The van der Waals surface area contributed by atoms with Crippen LogP contribution in [0.1, 0.15) is 21.7 Å². The second-order valence-electron chi connectivity index (χ2n) is 5.11. The normalized spacial score (nSPS) is 10.4. The van der Waals surface area contributed by atoms with Gasteiger partial charge in [-0.2, -0.15) is 0 Å². The molecule has 7 nitrogen and oxygen atoms in total. The van der Waals surface area contributed by atoms with Crippen LogP contribution in [0.15, 0.2) is 34.9 Å². The number of carbonyl (C=O) groups is 2. The summed E-state index contributed by atoms with van der Waals surface area (Å²) in [5.41, 5.74) is 1.40. The Kier molecular flexibility index (Phi) is 5.97. The van der Waals surface area contributed by atoms with Gasteiger partial charge < -0.3 is 24.3 Å². The number of carbonyl (C=O) groups excluding carboxylic acids is 1. The third-order valence-electron chi connectivity index (χ3n) is 3.26. The van der Waals surface area contributed by atoms with Crippen LogP contribution in [-0.2, 0) is 16.0 Å². The van der Waals surface area contributed by atoms with Crippen molar-refractivity contribution in [3.05, 3.63) is 47.4 Å². The second kappa shape index (κ2) is 8.16. The fourth-order valence-electron chi connectivity index (χ4n) is 2.14.